The number of carboxylic acids is 1. The van der Waals surface area contributed by atoms with Crippen molar-refractivity contribution in [2.75, 3.05) is 26.3 Å². The van der Waals surface area contributed by atoms with Crippen LogP contribution < -0.4 is 54.0 Å². The molecule has 0 aliphatic carbocycles. The highest BCUT2D eigenvalue weighted by Gasteiger charge is 2.56. The van der Waals surface area contributed by atoms with E-state index in [1.165, 1.54) is 34.6 Å². The number of unbranched alkanes of at least 4 members (excludes halogenated alkanes) is 1. The first-order chi connectivity index (χ1) is 32.9. The summed E-state index contributed by atoms with van der Waals surface area (Å²) in [5.74, 6) is -8.14. The van der Waals surface area contributed by atoms with E-state index in [2.05, 4.69) is 42.5 Å². The van der Waals surface area contributed by atoms with E-state index >= 15 is 0 Å². The van der Waals surface area contributed by atoms with Gasteiger partial charge in [-0.2, -0.15) is 0 Å². The molecular weight excluding hydrogens is 937 g/mol. The van der Waals surface area contributed by atoms with Gasteiger partial charge >= 0.3 is 5.97 Å². The fourth-order valence-corrected chi connectivity index (χ4v) is 7.47. The summed E-state index contributed by atoms with van der Waals surface area (Å²) in [7, 11) is 0. The molecule has 16 N–H and O–H groups in total. The first kappa shape index (κ1) is 58.7. The Kier molecular flexibility index (Phi) is 23.2. The Balaban J connectivity index is 1.68. The Bertz CT molecular complexity index is 1880. The monoisotopic (exact) mass is 1000 g/mol. The number of amides is 9. The van der Waals surface area contributed by atoms with E-state index in [1.807, 2.05) is 0 Å². The SMILES string of the molecule is CC(=O)NC1C(OC2C3COC(O3)C(NC(C)=O)C2OC(C)C(=O)NC(C)C(=O)NC(CCC(=O)NC(CCCCNC(=O)CN)C(=O)NC(C)C(=O)NC(C)C(=O)O)C(N)=O)OC(CO)C(O)C1O. The van der Waals surface area contributed by atoms with Gasteiger partial charge in [-0.3, -0.25) is 47.9 Å². The summed E-state index contributed by atoms with van der Waals surface area (Å²) in [6.07, 6.45) is -12.4. The molecular formula is C41H68N10O19. The second-order valence-electron chi connectivity index (χ2n) is 17.1. The van der Waals surface area contributed by atoms with E-state index in [1.54, 1.807) is 0 Å². The van der Waals surface area contributed by atoms with Gasteiger partial charge in [-0.25, -0.2) is 0 Å². The minimum atomic E-state index is -1.68. The van der Waals surface area contributed by atoms with E-state index in [-0.39, 0.29) is 32.5 Å². The Morgan fingerprint density at radius 1 is 0.700 bits per heavy atom. The third-order valence-corrected chi connectivity index (χ3v) is 11.3. The quantitative estimate of drug-likeness (QED) is 0.0340. The number of nitrogens with two attached hydrogens (primary N) is 2. The molecule has 0 aromatic heterocycles. The average molecular weight is 1010 g/mol. The second-order valence-corrected chi connectivity index (χ2v) is 17.1. The largest absolute Gasteiger partial charge is 0.480 e. The van der Waals surface area contributed by atoms with Crippen LogP contribution in [0.4, 0.5) is 0 Å². The third kappa shape index (κ3) is 17.3. The lowest BCUT2D eigenvalue weighted by Crippen LogP contribution is -2.68. The number of aliphatic hydroxyl groups excluding tert-OH is 3. The van der Waals surface area contributed by atoms with Crippen LogP contribution in [0.15, 0.2) is 0 Å². The van der Waals surface area contributed by atoms with Gasteiger partial charge in [0.25, 0.3) is 0 Å². The zero-order valence-corrected chi connectivity index (χ0v) is 39.7. The minimum Gasteiger partial charge on any atom is -0.480 e. The van der Waals surface area contributed by atoms with Crippen LogP contribution in [0.2, 0.25) is 0 Å². The van der Waals surface area contributed by atoms with E-state index in [9.17, 15) is 63.3 Å². The number of carboxylic acid groups (broad SMARTS) is 1. The molecule has 3 aliphatic heterocycles. The van der Waals surface area contributed by atoms with Gasteiger partial charge in [0.2, 0.25) is 53.2 Å². The Morgan fingerprint density at radius 3 is 1.89 bits per heavy atom. The first-order valence-electron chi connectivity index (χ1n) is 22.6. The Hall–Kier alpha value is -5.66. The maximum atomic E-state index is 13.6. The Labute approximate surface area is 402 Å². The molecule has 3 fully saturated rings. The van der Waals surface area contributed by atoms with Crippen LogP contribution in [0, 0.1) is 0 Å². The van der Waals surface area contributed by atoms with Crippen molar-refractivity contribution < 1.29 is 92.1 Å². The van der Waals surface area contributed by atoms with Crippen molar-refractivity contribution in [3.8, 4) is 0 Å². The zero-order valence-electron chi connectivity index (χ0n) is 39.7. The molecule has 3 rings (SSSR count). The van der Waals surface area contributed by atoms with Crippen LogP contribution in [-0.2, 0) is 71.6 Å². The Morgan fingerprint density at radius 2 is 1.30 bits per heavy atom. The number of primary amides is 1. The van der Waals surface area contributed by atoms with Crippen LogP contribution >= 0.6 is 0 Å². The average Bonchev–Trinajstić information content (AvgIpc) is 3.74. The van der Waals surface area contributed by atoms with Crippen molar-refractivity contribution in [1.29, 1.82) is 0 Å². The molecule has 3 saturated heterocycles. The summed E-state index contributed by atoms with van der Waals surface area (Å²) < 4.78 is 29.8. The molecule has 9 amide bonds. The maximum absolute atomic E-state index is 13.6. The molecule has 3 aliphatic rings. The van der Waals surface area contributed by atoms with E-state index in [0.29, 0.717) is 12.8 Å². The number of nitrogens with one attached hydrogen (secondary N) is 8. The summed E-state index contributed by atoms with van der Waals surface area (Å²) in [6.45, 7) is 6.57. The van der Waals surface area contributed by atoms with Crippen LogP contribution in [0.25, 0.3) is 0 Å². The number of carbonyl (C=O) groups excluding carboxylic acids is 9. The van der Waals surface area contributed by atoms with Gasteiger partial charge < -0.3 is 98.1 Å². The number of carbonyl (C=O) groups is 10. The number of aliphatic hydroxyl groups is 3. The fraction of sp³-hybridized carbons (Fsp3) is 0.756. The number of aliphatic carboxylic acids is 1. The number of fused-ring (bicyclic) bond motifs is 2. The molecule has 16 atom stereocenters. The van der Waals surface area contributed by atoms with Gasteiger partial charge in [0, 0.05) is 26.8 Å². The minimum absolute atomic E-state index is 0.0184. The van der Waals surface area contributed by atoms with Crippen LogP contribution in [0.5, 0.6) is 0 Å². The molecule has 396 valence electrons. The standard InChI is InChI=1S/C41H68N10O19/c1-16(35(60)47-18(3)39(64)65)46-38(63)23(9-7-8-12-44-27(56)13-42)50-26(55)11-10-22(34(43)59)51-36(61)17(2)45-37(62)19(4)67-33-29(49-21(6)54)40-66-15-25(69-40)32(33)70-41-28(48-20(5)53)31(58)30(57)24(14-52)68-41/h16-19,22-25,28-33,40-41,52,57-58H,7-15,42H2,1-6H3,(H2,43,59)(H,44,56)(H,45,62)(H,46,63)(H,47,60)(H,48,53)(H,49,54)(H,50,55)(H,51,61)(H,64,65). The van der Waals surface area contributed by atoms with Crippen molar-refractivity contribution in [2.24, 2.45) is 11.5 Å². The lowest BCUT2D eigenvalue weighted by Gasteiger charge is -2.47. The molecule has 16 unspecified atom stereocenters. The predicted molar refractivity (Wildman–Crippen MR) is 235 cm³/mol. The molecule has 0 aromatic rings. The number of rotatable bonds is 27. The molecule has 29 nitrogen and oxygen atoms in total. The summed E-state index contributed by atoms with van der Waals surface area (Å²) in [4.78, 5) is 125. The smallest absolute Gasteiger partial charge is 0.325 e. The van der Waals surface area contributed by atoms with Crippen molar-refractivity contribution in [2.45, 2.75) is 171 Å². The summed E-state index contributed by atoms with van der Waals surface area (Å²) in [5.41, 5.74) is 10.8. The van der Waals surface area contributed by atoms with E-state index in [4.69, 9.17) is 40.3 Å². The van der Waals surface area contributed by atoms with Gasteiger partial charge in [0.15, 0.2) is 12.6 Å². The van der Waals surface area contributed by atoms with Crippen molar-refractivity contribution in [3.63, 3.8) is 0 Å². The summed E-state index contributed by atoms with van der Waals surface area (Å²) in [6, 6.07) is -9.07. The van der Waals surface area contributed by atoms with E-state index in [0.717, 1.165) is 6.92 Å². The van der Waals surface area contributed by atoms with E-state index < -0.39 is 170 Å². The van der Waals surface area contributed by atoms with Crippen LogP contribution in [0.1, 0.15) is 73.6 Å². The third-order valence-electron chi connectivity index (χ3n) is 11.3. The van der Waals surface area contributed by atoms with Crippen molar-refractivity contribution in [3.05, 3.63) is 0 Å². The highest BCUT2D eigenvalue weighted by molar-refractivity contribution is 5.94. The summed E-state index contributed by atoms with van der Waals surface area (Å²) >= 11 is 0. The number of ether oxygens (including phenoxy) is 5. The van der Waals surface area contributed by atoms with Gasteiger partial charge in [-0.15, -0.1) is 0 Å². The summed E-state index contributed by atoms with van der Waals surface area (Å²) in [5, 5.41) is 59.9. The molecule has 0 radical (unpaired) electrons. The molecule has 2 bridgehead atoms. The zero-order chi connectivity index (χ0) is 52.6. The second kappa shape index (κ2) is 27.7. The van der Waals surface area contributed by atoms with Gasteiger partial charge in [-0.05, 0) is 53.4 Å². The topological polar surface area (TPSA) is 446 Å². The van der Waals surface area contributed by atoms with Crippen molar-refractivity contribution in [1.82, 2.24) is 42.5 Å². The van der Waals surface area contributed by atoms with Gasteiger partial charge in [-0.1, -0.05) is 0 Å². The first-order valence-corrected chi connectivity index (χ1v) is 22.6. The molecule has 0 aromatic carbocycles. The number of hydrogen-bond acceptors (Lipinski definition) is 19. The maximum Gasteiger partial charge on any atom is 0.325 e. The predicted octanol–water partition coefficient (Wildman–Crippen LogP) is -7.57. The molecule has 70 heavy (non-hydrogen) atoms. The van der Waals surface area contributed by atoms with Crippen LogP contribution in [-0.4, -0.2) is 203 Å². The van der Waals surface area contributed by atoms with Gasteiger partial charge in [0.05, 0.1) is 19.8 Å². The molecule has 0 spiro atoms. The van der Waals surface area contributed by atoms with Crippen molar-refractivity contribution >= 4 is 59.1 Å². The molecule has 29 heteroatoms. The normalized spacial score (nSPS) is 27.4. The van der Waals surface area contributed by atoms with Crippen LogP contribution in [0.3, 0.4) is 0 Å². The fourth-order valence-electron chi connectivity index (χ4n) is 7.47. The lowest BCUT2D eigenvalue weighted by molar-refractivity contribution is -0.313. The molecule has 0 saturated carbocycles. The highest BCUT2D eigenvalue weighted by Crippen LogP contribution is 2.35. The molecule has 3 heterocycles. The highest BCUT2D eigenvalue weighted by atomic mass is 16.8. The lowest BCUT2D eigenvalue weighted by atomic mass is 9.95. The number of hydrogen-bond donors (Lipinski definition) is 14. The van der Waals surface area contributed by atoms with Gasteiger partial charge in [0.1, 0.15) is 85.0 Å².